The third-order valence-electron chi connectivity index (χ3n) is 8.39. The van der Waals surface area contributed by atoms with Gasteiger partial charge in [0.25, 0.3) is 11.5 Å². The van der Waals surface area contributed by atoms with Gasteiger partial charge in [0, 0.05) is 18.3 Å². The monoisotopic (exact) mass is 605 g/mol. The molecule has 0 N–H and O–H groups in total. The fourth-order valence-corrected chi connectivity index (χ4v) is 6.60. The minimum Gasteiger partial charge on any atom is -0.495 e. The number of nitrogens with zero attached hydrogens (tertiary/aromatic N) is 5. The van der Waals surface area contributed by atoms with Gasteiger partial charge in [-0.1, -0.05) is 17.3 Å². The number of rotatable bonds is 6. The van der Waals surface area contributed by atoms with E-state index in [1.165, 1.54) is 16.7 Å². The van der Waals surface area contributed by atoms with Crippen LogP contribution in [0.4, 0.5) is 4.39 Å². The largest absolute Gasteiger partial charge is 0.495 e. The van der Waals surface area contributed by atoms with Gasteiger partial charge >= 0.3 is 0 Å². The van der Waals surface area contributed by atoms with Crippen LogP contribution in [0.15, 0.2) is 70.2 Å². The summed E-state index contributed by atoms with van der Waals surface area (Å²) in [5, 5.41) is 8.97. The highest BCUT2D eigenvalue weighted by atomic mass is 79.9. The third kappa shape index (κ3) is 4.25. The summed E-state index contributed by atoms with van der Waals surface area (Å²) in [5.74, 6) is 0.0952. The summed E-state index contributed by atoms with van der Waals surface area (Å²) in [7, 11) is 1.56. The van der Waals surface area contributed by atoms with E-state index >= 15 is 0 Å². The van der Waals surface area contributed by atoms with Crippen molar-refractivity contribution in [3.05, 3.63) is 104 Å². The predicted octanol–water partition coefficient (Wildman–Crippen LogP) is 5.55. The van der Waals surface area contributed by atoms with Gasteiger partial charge in [-0.3, -0.25) is 14.2 Å². The molecule has 2 bridgehead atoms. The summed E-state index contributed by atoms with van der Waals surface area (Å²) in [6.07, 6.45) is 6.87. The maximum atomic E-state index is 14.1. The maximum absolute atomic E-state index is 14.1. The van der Waals surface area contributed by atoms with Gasteiger partial charge in [-0.25, -0.2) is 9.07 Å². The van der Waals surface area contributed by atoms with Gasteiger partial charge in [-0.2, -0.15) is 0 Å². The smallest absolute Gasteiger partial charge is 0.256 e. The Labute approximate surface area is 239 Å². The number of aromatic nitrogens is 4. The van der Waals surface area contributed by atoms with Gasteiger partial charge < -0.3 is 9.64 Å². The highest BCUT2D eigenvalue weighted by molar-refractivity contribution is 9.10. The minimum atomic E-state index is -0.564. The second-order valence-corrected chi connectivity index (χ2v) is 11.5. The molecule has 10 heteroatoms. The first-order valence-electron chi connectivity index (χ1n) is 13.3. The van der Waals surface area contributed by atoms with Crippen LogP contribution >= 0.6 is 15.9 Å². The van der Waals surface area contributed by atoms with Crippen molar-refractivity contribution < 1.29 is 13.9 Å². The molecule has 8 nitrogen and oxygen atoms in total. The van der Waals surface area contributed by atoms with Gasteiger partial charge in [0.1, 0.15) is 17.3 Å². The SMILES string of the molecule is COc1ccc(C)cc1-n1cc(C(=O)N2C3CCC2(c2cn([C@H](C)c4ccc(F)c(Br)c4)nn2)CC3)ccc1=O. The quantitative estimate of drug-likeness (QED) is 0.288. The number of fused-ring (bicyclic) bond motifs is 2. The molecule has 2 fully saturated rings. The number of carbonyl (C=O) groups is 1. The number of benzene rings is 2. The molecule has 1 amide bonds. The molecule has 1 atom stereocenters. The van der Waals surface area contributed by atoms with Crippen molar-refractivity contribution >= 4 is 21.8 Å². The minimum absolute atomic E-state index is 0.0945. The number of pyridine rings is 1. The Balaban J connectivity index is 1.34. The zero-order chi connectivity index (χ0) is 28.2. The van der Waals surface area contributed by atoms with Crippen molar-refractivity contribution in [1.29, 1.82) is 0 Å². The van der Waals surface area contributed by atoms with Crippen molar-refractivity contribution in [1.82, 2.24) is 24.5 Å². The molecule has 0 unspecified atom stereocenters. The van der Waals surface area contributed by atoms with Crippen LogP contribution in [0.3, 0.4) is 0 Å². The van der Waals surface area contributed by atoms with Crippen molar-refractivity contribution in [2.24, 2.45) is 0 Å². The molecule has 206 valence electrons. The lowest BCUT2D eigenvalue weighted by Gasteiger charge is -2.33. The highest BCUT2D eigenvalue weighted by Gasteiger charge is 2.56. The normalized spacial score (nSPS) is 20.6. The van der Waals surface area contributed by atoms with Gasteiger partial charge in [-0.15, -0.1) is 5.10 Å². The number of amides is 1. The Kier molecular flexibility index (Phi) is 6.60. The van der Waals surface area contributed by atoms with Gasteiger partial charge in [0.2, 0.25) is 0 Å². The lowest BCUT2D eigenvalue weighted by molar-refractivity contribution is 0.0602. The number of ether oxygens (including phenoxy) is 1. The molecule has 4 heterocycles. The van der Waals surface area contributed by atoms with Crippen molar-refractivity contribution in [2.75, 3.05) is 7.11 Å². The molecule has 4 aromatic rings. The van der Waals surface area contributed by atoms with E-state index < -0.39 is 5.54 Å². The third-order valence-corrected chi connectivity index (χ3v) is 9.00. The number of halogens is 2. The van der Waals surface area contributed by atoms with E-state index in [1.54, 1.807) is 36.2 Å². The molecule has 2 aliphatic heterocycles. The summed E-state index contributed by atoms with van der Waals surface area (Å²) in [6.45, 7) is 3.92. The maximum Gasteiger partial charge on any atom is 0.256 e. The second kappa shape index (κ2) is 9.99. The Hall–Kier alpha value is -3.79. The van der Waals surface area contributed by atoms with E-state index in [2.05, 4.69) is 26.2 Å². The fourth-order valence-electron chi connectivity index (χ4n) is 6.20. The van der Waals surface area contributed by atoms with Crippen LogP contribution in [0.1, 0.15) is 65.8 Å². The van der Waals surface area contributed by atoms with Crippen LogP contribution in [0.5, 0.6) is 5.75 Å². The summed E-state index contributed by atoms with van der Waals surface area (Å²) in [6, 6.07) is 13.5. The van der Waals surface area contributed by atoms with E-state index in [4.69, 9.17) is 4.74 Å². The molecule has 6 rings (SSSR count). The topological polar surface area (TPSA) is 82.2 Å². The molecule has 0 saturated carbocycles. The molecular formula is C30H29BrFN5O3. The van der Waals surface area contributed by atoms with Crippen LogP contribution in [0.25, 0.3) is 5.69 Å². The standard InChI is InChI=1S/C30H29BrFN5O3/c1-18-4-8-26(40-3)25(14-18)35-16-21(6-9-28(35)38)29(39)37-22-10-12-30(37,13-11-22)27-17-36(34-33-27)19(2)20-5-7-24(32)23(31)15-20/h4-9,14-17,19,22H,10-13H2,1-3H3/t19-,22?,30?/m1/s1. The fraction of sp³-hybridized carbons (Fsp3) is 0.333. The molecule has 0 radical (unpaired) electrons. The second-order valence-electron chi connectivity index (χ2n) is 10.7. The first kappa shape index (κ1) is 26.4. The molecule has 0 aliphatic carbocycles. The van der Waals surface area contributed by atoms with Crippen LogP contribution in [-0.2, 0) is 5.54 Å². The Morgan fingerprint density at radius 2 is 1.90 bits per heavy atom. The van der Waals surface area contributed by atoms with Crippen molar-refractivity contribution in [3.63, 3.8) is 0 Å². The summed E-state index contributed by atoms with van der Waals surface area (Å²) < 4.78 is 22.9. The average Bonchev–Trinajstić information content (AvgIpc) is 3.69. The molecule has 40 heavy (non-hydrogen) atoms. The lowest BCUT2D eigenvalue weighted by Crippen LogP contribution is -2.43. The van der Waals surface area contributed by atoms with Gasteiger partial charge in [0.15, 0.2) is 0 Å². The predicted molar refractivity (Wildman–Crippen MR) is 151 cm³/mol. The van der Waals surface area contributed by atoms with Crippen LogP contribution in [-0.4, -0.2) is 43.5 Å². The average molecular weight is 606 g/mol. The van der Waals surface area contributed by atoms with Crippen LogP contribution < -0.4 is 10.3 Å². The van der Waals surface area contributed by atoms with Gasteiger partial charge in [0.05, 0.1) is 40.6 Å². The zero-order valence-corrected chi connectivity index (χ0v) is 24.1. The molecule has 0 spiro atoms. The molecule has 2 saturated heterocycles. The number of carbonyl (C=O) groups excluding carboxylic acids is 1. The van der Waals surface area contributed by atoms with E-state index in [0.717, 1.165) is 42.5 Å². The van der Waals surface area contributed by atoms with Crippen molar-refractivity contribution in [3.8, 4) is 11.4 Å². The Morgan fingerprint density at radius 3 is 2.62 bits per heavy atom. The van der Waals surface area contributed by atoms with Crippen LogP contribution in [0, 0.1) is 12.7 Å². The molecule has 2 aliphatic rings. The zero-order valence-electron chi connectivity index (χ0n) is 22.5. The highest BCUT2D eigenvalue weighted by Crippen LogP contribution is 2.53. The van der Waals surface area contributed by atoms with Crippen LogP contribution in [0.2, 0.25) is 0 Å². The van der Waals surface area contributed by atoms with E-state index in [9.17, 15) is 14.0 Å². The number of hydrogen-bond donors (Lipinski definition) is 0. The lowest BCUT2D eigenvalue weighted by atomic mass is 9.85. The van der Waals surface area contributed by atoms with Gasteiger partial charge in [-0.05, 0) is 96.9 Å². The molecular weight excluding hydrogens is 577 g/mol. The molecule has 2 aromatic carbocycles. The van der Waals surface area contributed by atoms with E-state index in [0.29, 0.717) is 21.5 Å². The first-order valence-corrected chi connectivity index (χ1v) is 14.1. The van der Waals surface area contributed by atoms with E-state index in [1.807, 2.05) is 43.1 Å². The molecule has 2 aromatic heterocycles. The Bertz CT molecular complexity index is 1670. The Morgan fingerprint density at radius 1 is 1.12 bits per heavy atom. The number of hydrogen-bond acceptors (Lipinski definition) is 5. The number of aryl methyl sites for hydroxylation is 1. The number of methoxy groups -OCH3 is 1. The van der Waals surface area contributed by atoms with Crippen molar-refractivity contribution in [2.45, 2.75) is 57.2 Å². The summed E-state index contributed by atoms with van der Waals surface area (Å²) >= 11 is 3.26. The summed E-state index contributed by atoms with van der Waals surface area (Å²) in [5.41, 5.74) is 2.82. The summed E-state index contributed by atoms with van der Waals surface area (Å²) in [4.78, 5) is 29.0. The van der Waals surface area contributed by atoms with E-state index in [-0.39, 0.29) is 29.4 Å². The first-order chi connectivity index (χ1) is 19.2.